The minimum absolute atomic E-state index is 0.139. The molecule has 1 aromatic carbocycles. The molecule has 1 fully saturated rings. The topological polar surface area (TPSA) is 41.5 Å². The lowest BCUT2D eigenvalue weighted by Gasteiger charge is -2.33. The van der Waals surface area contributed by atoms with Crippen LogP contribution in [0.25, 0.3) is 0 Å². The summed E-state index contributed by atoms with van der Waals surface area (Å²) in [4.78, 5) is 1.14. The molecular weight excluding hydrogens is 258 g/mol. The van der Waals surface area contributed by atoms with Crippen molar-refractivity contribution in [3.63, 3.8) is 0 Å². The fourth-order valence-electron chi connectivity index (χ4n) is 2.48. The number of hydrogen-bond donors (Lipinski definition) is 2. The second kappa shape index (κ2) is 6.64. The van der Waals surface area contributed by atoms with Gasteiger partial charge in [0.05, 0.1) is 19.3 Å². The minimum Gasteiger partial charge on any atom is -0.496 e. The molecule has 0 aliphatic heterocycles. The Morgan fingerprint density at radius 2 is 2.16 bits per heavy atom. The highest BCUT2D eigenvalue weighted by Crippen LogP contribution is 2.43. The maximum Gasteiger partial charge on any atom is 0.132 e. The van der Waals surface area contributed by atoms with Gasteiger partial charge in [0.2, 0.25) is 0 Å². The van der Waals surface area contributed by atoms with Gasteiger partial charge < -0.3 is 15.2 Å². The van der Waals surface area contributed by atoms with E-state index in [1.54, 1.807) is 18.9 Å². The number of thioether (sulfide) groups is 1. The van der Waals surface area contributed by atoms with E-state index in [-0.39, 0.29) is 12.1 Å². The Bertz CT molecular complexity index is 409. The van der Waals surface area contributed by atoms with E-state index in [2.05, 4.69) is 18.3 Å². The first-order valence-corrected chi connectivity index (χ1v) is 7.86. The van der Waals surface area contributed by atoms with Crippen molar-refractivity contribution in [3.05, 3.63) is 24.3 Å². The molecule has 106 valence electrons. The zero-order valence-electron chi connectivity index (χ0n) is 11.7. The number of benzene rings is 1. The van der Waals surface area contributed by atoms with Crippen LogP contribution in [-0.2, 0) is 0 Å². The van der Waals surface area contributed by atoms with Crippen molar-refractivity contribution < 1.29 is 9.84 Å². The smallest absolute Gasteiger partial charge is 0.132 e. The molecule has 0 spiro atoms. The summed E-state index contributed by atoms with van der Waals surface area (Å²) in [5.74, 6) is 2.40. The molecule has 1 aliphatic carbocycles. The van der Waals surface area contributed by atoms with Crippen LogP contribution in [0.1, 0.15) is 19.8 Å². The van der Waals surface area contributed by atoms with Gasteiger partial charge in [-0.25, -0.2) is 0 Å². The molecule has 19 heavy (non-hydrogen) atoms. The van der Waals surface area contributed by atoms with Crippen molar-refractivity contribution >= 4 is 11.8 Å². The maximum atomic E-state index is 9.82. The van der Waals surface area contributed by atoms with E-state index < -0.39 is 0 Å². The molecule has 1 unspecified atom stereocenters. The molecule has 3 nitrogen and oxygen atoms in total. The number of rotatable bonds is 8. The fourth-order valence-corrected chi connectivity index (χ4v) is 3.79. The van der Waals surface area contributed by atoms with Gasteiger partial charge in [0.25, 0.3) is 0 Å². The molecule has 0 bridgehead atoms. The third kappa shape index (κ3) is 3.44. The van der Waals surface area contributed by atoms with Crippen LogP contribution in [-0.4, -0.2) is 36.7 Å². The molecule has 0 amide bonds. The summed E-state index contributed by atoms with van der Waals surface area (Å²) in [5.41, 5.74) is -0.139. The molecule has 1 saturated carbocycles. The average Bonchev–Trinajstić information content (AvgIpc) is 3.29. The molecule has 0 aromatic heterocycles. The maximum absolute atomic E-state index is 9.82. The summed E-state index contributed by atoms with van der Waals surface area (Å²) >= 11 is 1.76. The summed E-state index contributed by atoms with van der Waals surface area (Å²) in [6, 6.07) is 8.06. The van der Waals surface area contributed by atoms with Gasteiger partial charge in [0, 0.05) is 10.6 Å². The normalized spacial score (nSPS) is 18.1. The lowest BCUT2D eigenvalue weighted by atomic mass is 9.97. The van der Waals surface area contributed by atoms with Crippen molar-refractivity contribution in [2.24, 2.45) is 5.92 Å². The first-order valence-electron chi connectivity index (χ1n) is 6.87. The molecule has 1 atom stereocenters. The number of methoxy groups -OCH3 is 1. The monoisotopic (exact) mass is 281 g/mol. The number of aliphatic hydroxyl groups excluding tert-OH is 1. The quantitative estimate of drug-likeness (QED) is 0.719. The predicted molar refractivity (Wildman–Crippen MR) is 79.9 cm³/mol. The lowest BCUT2D eigenvalue weighted by Crippen LogP contribution is -2.52. The molecule has 0 heterocycles. The molecule has 0 radical (unpaired) electrons. The summed E-state index contributed by atoms with van der Waals surface area (Å²) in [7, 11) is 1.70. The summed E-state index contributed by atoms with van der Waals surface area (Å²) < 4.78 is 5.38. The number of ether oxygens (including phenoxy) is 1. The van der Waals surface area contributed by atoms with Crippen LogP contribution in [0.15, 0.2) is 29.2 Å². The summed E-state index contributed by atoms with van der Waals surface area (Å²) in [6.07, 6.45) is 2.44. The van der Waals surface area contributed by atoms with Crippen molar-refractivity contribution in [3.8, 4) is 5.75 Å². The van der Waals surface area contributed by atoms with E-state index in [1.807, 2.05) is 18.2 Å². The predicted octanol–water partition coefficient (Wildman–Crippen LogP) is 2.54. The van der Waals surface area contributed by atoms with E-state index >= 15 is 0 Å². The second-order valence-corrected chi connectivity index (χ2v) is 6.08. The molecule has 2 rings (SSSR count). The number of likely N-dealkylation sites (N-methyl/N-ethyl adjacent to an activating group) is 1. The van der Waals surface area contributed by atoms with E-state index in [9.17, 15) is 5.11 Å². The van der Waals surface area contributed by atoms with Crippen LogP contribution >= 0.6 is 11.8 Å². The van der Waals surface area contributed by atoms with Crippen LogP contribution in [0.3, 0.4) is 0 Å². The van der Waals surface area contributed by atoms with Crippen molar-refractivity contribution in [2.75, 3.05) is 26.0 Å². The average molecular weight is 281 g/mol. The van der Waals surface area contributed by atoms with Gasteiger partial charge >= 0.3 is 0 Å². The largest absolute Gasteiger partial charge is 0.496 e. The van der Waals surface area contributed by atoms with Crippen LogP contribution < -0.4 is 10.1 Å². The van der Waals surface area contributed by atoms with Gasteiger partial charge in [-0.3, -0.25) is 0 Å². The van der Waals surface area contributed by atoms with Gasteiger partial charge in [0.1, 0.15) is 5.75 Å². The van der Waals surface area contributed by atoms with E-state index in [1.165, 1.54) is 12.8 Å². The number of nitrogens with one attached hydrogen (secondary N) is 1. The summed E-state index contributed by atoms with van der Waals surface area (Å²) in [5, 5.41) is 13.3. The van der Waals surface area contributed by atoms with Crippen LogP contribution in [0.4, 0.5) is 0 Å². The standard InChI is InChI=1S/C15H23NO2S/c1-3-16-15(10-17,12-8-9-12)11-19-14-7-5-4-6-13(14)18-2/h4-7,12,16-17H,3,8-11H2,1-2H3. The lowest BCUT2D eigenvalue weighted by molar-refractivity contribution is 0.161. The highest BCUT2D eigenvalue weighted by Gasteiger charge is 2.44. The second-order valence-electron chi connectivity index (χ2n) is 5.06. The highest BCUT2D eigenvalue weighted by atomic mass is 32.2. The Hall–Kier alpha value is -0.710. The molecule has 0 saturated heterocycles. The number of para-hydroxylation sites is 1. The Kier molecular flexibility index (Phi) is 5.13. The minimum atomic E-state index is -0.139. The van der Waals surface area contributed by atoms with Gasteiger partial charge in [-0.05, 0) is 37.4 Å². The van der Waals surface area contributed by atoms with Gasteiger partial charge in [-0.2, -0.15) is 0 Å². The Morgan fingerprint density at radius 1 is 1.42 bits per heavy atom. The van der Waals surface area contributed by atoms with Gasteiger partial charge in [0.15, 0.2) is 0 Å². The van der Waals surface area contributed by atoms with Crippen LogP contribution in [0, 0.1) is 5.92 Å². The molecule has 2 N–H and O–H groups in total. The van der Waals surface area contributed by atoms with E-state index in [0.29, 0.717) is 5.92 Å². The Labute approximate surface area is 119 Å². The zero-order chi connectivity index (χ0) is 13.7. The van der Waals surface area contributed by atoms with Crippen LogP contribution in [0.2, 0.25) is 0 Å². The van der Waals surface area contributed by atoms with E-state index in [4.69, 9.17) is 4.74 Å². The summed E-state index contributed by atoms with van der Waals surface area (Å²) in [6.45, 7) is 3.19. The van der Waals surface area contributed by atoms with Gasteiger partial charge in [-0.1, -0.05) is 19.1 Å². The van der Waals surface area contributed by atoms with Crippen molar-refractivity contribution in [1.82, 2.24) is 5.32 Å². The molecule has 1 aromatic rings. The van der Waals surface area contributed by atoms with E-state index in [0.717, 1.165) is 22.9 Å². The molecule has 4 heteroatoms. The third-order valence-corrected chi connectivity index (χ3v) is 5.03. The Morgan fingerprint density at radius 3 is 2.74 bits per heavy atom. The highest BCUT2D eigenvalue weighted by molar-refractivity contribution is 7.99. The van der Waals surface area contributed by atoms with Crippen LogP contribution in [0.5, 0.6) is 5.75 Å². The van der Waals surface area contributed by atoms with Crippen molar-refractivity contribution in [1.29, 1.82) is 0 Å². The number of aliphatic hydroxyl groups is 1. The van der Waals surface area contributed by atoms with Crippen molar-refractivity contribution in [2.45, 2.75) is 30.2 Å². The SMILES string of the molecule is CCNC(CO)(CSc1ccccc1OC)C1CC1. The Balaban J connectivity index is 2.05. The number of hydrogen-bond acceptors (Lipinski definition) is 4. The fraction of sp³-hybridized carbons (Fsp3) is 0.600. The molecule has 1 aliphatic rings. The third-order valence-electron chi connectivity index (χ3n) is 3.72. The van der Waals surface area contributed by atoms with Gasteiger partial charge in [-0.15, -0.1) is 11.8 Å². The first-order chi connectivity index (χ1) is 9.25. The zero-order valence-corrected chi connectivity index (χ0v) is 12.5. The molecular formula is C15H23NO2S. The first kappa shape index (κ1) is 14.7.